The van der Waals surface area contributed by atoms with E-state index in [9.17, 15) is 5.11 Å². The van der Waals surface area contributed by atoms with Gasteiger partial charge in [-0.1, -0.05) is 80.5 Å². The van der Waals surface area contributed by atoms with Gasteiger partial charge in [-0.3, -0.25) is 0 Å². The summed E-state index contributed by atoms with van der Waals surface area (Å²) in [7, 11) is 2.41. The largest absolute Gasteiger partial charge is 0.507 e. The third-order valence-electron chi connectivity index (χ3n) is 4.44. The summed E-state index contributed by atoms with van der Waals surface area (Å²) in [6.45, 7) is 14.0. The summed E-state index contributed by atoms with van der Waals surface area (Å²) >= 11 is 0. The van der Waals surface area contributed by atoms with E-state index in [0.717, 1.165) is 17.4 Å². The first kappa shape index (κ1) is 19.9. The number of hydrogen-bond donors (Lipinski definition) is 2. The van der Waals surface area contributed by atoms with Crippen molar-refractivity contribution in [2.45, 2.75) is 58.9 Å². The maximum absolute atomic E-state index is 11.0. The van der Waals surface area contributed by atoms with E-state index < -0.39 is 0 Å². The summed E-state index contributed by atoms with van der Waals surface area (Å²) in [5.74, 6) is 0.457. The van der Waals surface area contributed by atoms with Crippen LogP contribution in [0.4, 0.5) is 0 Å². The lowest BCUT2D eigenvalue weighted by molar-refractivity contribution is 0.449. The fraction of sp³-hybridized carbons (Fsp3) is 0.455. The van der Waals surface area contributed by atoms with E-state index >= 15 is 0 Å². The zero-order valence-corrected chi connectivity index (χ0v) is 17.6. The molecular formula is C22H32NOP. The molecule has 0 amide bonds. The van der Waals surface area contributed by atoms with Crippen molar-refractivity contribution in [2.75, 3.05) is 7.05 Å². The van der Waals surface area contributed by atoms with Gasteiger partial charge in [0, 0.05) is 17.4 Å². The molecule has 1 unspecified atom stereocenters. The van der Waals surface area contributed by atoms with E-state index in [1.807, 2.05) is 7.05 Å². The first-order chi connectivity index (χ1) is 11.5. The highest BCUT2D eigenvalue weighted by atomic mass is 31.1. The number of nitrogens with one attached hydrogen (secondary N) is 1. The number of hydrogen-bond acceptors (Lipinski definition) is 2. The molecule has 1 atom stereocenters. The number of phenols is 1. The van der Waals surface area contributed by atoms with Crippen LogP contribution in [0.5, 0.6) is 5.75 Å². The van der Waals surface area contributed by atoms with Crippen molar-refractivity contribution in [3.8, 4) is 5.75 Å². The summed E-state index contributed by atoms with van der Waals surface area (Å²) < 4.78 is 0. The van der Waals surface area contributed by atoms with Crippen LogP contribution in [0, 0.1) is 0 Å². The second-order valence-corrected chi connectivity index (χ2v) is 10.1. The Kier molecular flexibility index (Phi) is 5.97. The minimum absolute atomic E-state index is 0.0530. The smallest absolute Gasteiger partial charge is 0.127 e. The van der Waals surface area contributed by atoms with Crippen molar-refractivity contribution in [3.63, 3.8) is 0 Å². The molecule has 136 valence electrons. The van der Waals surface area contributed by atoms with Gasteiger partial charge in [0.05, 0.1) is 0 Å². The fourth-order valence-electron chi connectivity index (χ4n) is 2.87. The SMILES string of the molecule is CNCc1ccccc1Pc1cc(C(C)(C)C)cc(C(C)(C)C)c1O. The molecule has 0 saturated heterocycles. The third-order valence-corrected chi connectivity index (χ3v) is 5.85. The molecule has 0 aliphatic carbocycles. The molecule has 0 aliphatic heterocycles. The molecular weight excluding hydrogens is 325 g/mol. The molecule has 2 N–H and O–H groups in total. The first-order valence-corrected chi connectivity index (χ1v) is 9.91. The molecule has 0 heterocycles. The normalized spacial score (nSPS) is 12.9. The van der Waals surface area contributed by atoms with Crippen LogP contribution in [0.2, 0.25) is 0 Å². The van der Waals surface area contributed by atoms with E-state index in [0.29, 0.717) is 14.3 Å². The average Bonchev–Trinajstić information content (AvgIpc) is 2.49. The second kappa shape index (κ2) is 7.48. The second-order valence-electron chi connectivity index (χ2n) is 8.73. The molecule has 0 aliphatic rings. The van der Waals surface area contributed by atoms with Gasteiger partial charge < -0.3 is 10.4 Å². The van der Waals surface area contributed by atoms with Gasteiger partial charge in [0.15, 0.2) is 0 Å². The van der Waals surface area contributed by atoms with Gasteiger partial charge in [-0.15, -0.1) is 0 Å². The molecule has 0 fully saturated rings. The van der Waals surface area contributed by atoms with Crippen LogP contribution in [0.1, 0.15) is 58.2 Å². The van der Waals surface area contributed by atoms with Crippen LogP contribution in [0.15, 0.2) is 36.4 Å². The summed E-state index contributed by atoms with van der Waals surface area (Å²) in [6.07, 6.45) is 0. The predicted octanol–water partition coefficient (Wildman–Crippen LogP) is 4.34. The van der Waals surface area contributed by atoms with Gasteiger partial charge >= 0.3 is 0 Å². The molecule has 0 spiro atoms. The van der Waals surface area contributed by atoms with Crippen LogP contribution >= 0.6 is 8.58 Å². The molecule has 2 rings (SSSR count). The lowest BCUT2D eigenvalue weighted by Crippen LogP contribution is -2.21. The highest BCUT2D eigenvalue weighted by molar-refractivity contribution is 7.55. The number of rotatable bonds is 4. The first-order valence-electron chi connectivity index (χ1n) is 8.91. The molecule has 2 aromatic rings. The summed E-state index contributed by atoms with van der Waals surface area (Å²) in [6, 6.07) is 12.9. The standard InChI is InChI=1S/C22H32NOP/c1-21(2,3)16-12-17(22(4,5)6)20(24)19(13-16)25-18-11-9-8-10-15(18)14-23-7/h8-13,23-25H,14H2,1-7H3. The Bertz CT molecular complexity index is 739. The highest BCUT2D eigenvalue weighted by Gasteiger charge is 2.25. The van der Waals surface area contributed by atoms with E-state index in [4.69, 9.17) is 0 Å². The zero-order valence-electron chi connectivity index (χ0n) is 16.6. The molecule has 2 nitrogen and oxygen atoms in total. The Morgan fingerprint density at radius 1 is 0.920 bits per heavy atom. The Morgan fingerprint density at radius 2 is 1.56 bits per heavy atom. The lowest BCUT2D eigenvalue weighted by Gasteiger charge is -2.27. The van der Waals surface area contributed by atoms with Gasteiger partial charge in [-0.25, -0.2) is 0 Å². The van der Waals surface area contributed by atoms with Gasteiger partial charge in [0.25, 0.3) is 0 Å². The Labute approximate surface area is 154 Å². The molecule has 3 heteroatoms. The van der Waals surface area contributed by atoms with Crippen molar-refractivity contribution < 1.29 is 5.11 Å². The molecule has 2 aromatic carbocycles. The Hall–Kier alpha value is -1.37. The van der Waals surface area contributed by atoms with Gasteiger partial charge in [-0.2, -0.15) is 0 Å². The Balaban J connectivity index is 2.58. The van der Waals surface area contributed by atoms with Crippen molar-refractivity contribution in [2.24, 2.45) is 0 Å². The summed E-state index contributed by atoms with van der Waals surface area (Å²) in [5.41, 5.74) is 3.57. The maximum Gasteiger partial charge on any atom is 0.127 e. The fourth-order valence-corrected chi connectivity index (χ4v) is 4.15. The summed E-state index contributed by atoms with van der Waals surface area (Å²) in [4.78, 5) is 0. The minimum atomic E-state index is -0.0882. The van der Waals surface area contributed by atoms with E-state index in [-0.39, 0.29) is 10.8 Å². The maximum atomic E-state index is 11.0. The van der Waals surface area contributed by atoms with Crippen LogP contribution in [-0.2, 0) is 17.4 Å². The third kappa shape index (κ3) is 4.84. The zero-order chi connectivity index (χ0) is 18.8. The molecule has 0 aromatic heterocycles. The van der Waals surface area contributed by atoms with Crippen molar-refractivity contribution in [1.82, 2.24) is 5.32 Å². The molecule has 0 saturated carbocycles. The highest BCUT2D eigenvalue weighted by Crippen LogP contribution is 2.36. The summed E-state index contributed by atoms with van der Waals surface area (Å²) in [5, 5.41) is 16.6. The van der Waals surface area contributed by atoms with Crippen molar-refractivity contribution >= 4 is 19.2 Å². The Morgan fingerprint density at radius 3 is 2.12 bits per heavy atom. The van der Waals surface area contributed by atoms with E-state index in [2.05, 4.69) is 83.3 Å². The van der Waals surface area contributed by atoms with Crippen LogP contribution < -0.4 is 15.9 Å². The lowest BCUT2D eigenvalue weighted by atomic mass is 9.80. The molecule has 25 heavy (non-hydrogen) atoms. The van der Waals surface area contributed by atoms with Crippen molar-refractivity contribution in [1.29, 1.82) is 0 Å². The van der Waals surface area contributed by atoms with Crippen LogP contribution in [0.3, 0.4) is 0 Å². The van der Waals surface area contributed by atoms with Gasteiger partial charge in [-0.05, 0) is 40.4 Å². The molecule has 0 bridgehead atoms. The number of phenolic OH excluding ortho intramolecular Hbond substituents is 1. The topological polar surface area (TPSA) is 32.3 Å². The van der Waals surface area contributed by atoms with Crippen LogP contribution in [0.25, 0.3) is 0 Å². The number of aromatic hydroxyl groups is 1. The quantitative estimate of drug-likeness (QED) is 0.798. The predicted molar refractivity (Wildman–Crippen MR) is 112 cm³/mol. The van der Waals surface area contributed by atoms with Crippen LogP contribution in [-0.4, -0.2) is 12.2 Å². The monoisotopic (exact) mass is 357 g/mol. The molecule has 0 radical (unpaired) electrons. The van der Waals surface area contributed by atoms with Crippen molar-refractivity contribution in [3.05, 3.63) is 53.1 Å². The van der Waals surface area contributed by atoms with Gasteiger partial charge in [0.1, 0.15) is 5.75 Å². The average molecular weight is 357 g/mol. The minimum Gasteiger partial charge on any atom is -0.507 e. The van der Waals surface area contributed by atoms with E-state index in [1.165, 1.54) is 16.4 Å². The van der Waals surface area contributed by atoms with Gasteiger partial charge in [0.2, 0.25) is 0 Å². The number of benzene rings is 2. The van der Waals surface area contributed by atoms with E-state index in [1.54, 1.807) is 0 Å².